The van der Waals surface area contributed by atoms with Gasteiger partial charge in [-0.3, -0.25) is 0 Å². The highest BCUT2D eigenvalue weighted by Crippen LogP contribution is 2.18. The zero-order valence-corrected chi connectivity index (χ0v) is 18.7. The van der Waals surface area contributed by atoms with Crippen LogP contribution in [0.5, 0.6) is 0 Å². The summed E-state index contributed by atoms with van der Waals surface area (Å²) in [6.45, 7) is 2.52. The van der Waals surface area contributed by atoms with Gasteiger partial charge in [0, 0.05) is 12.1 Å². The minimum Gasteiger partial charge on any atom is -0.314 e. The minimum absolute atomic E-state index is 0. The summed E-state index contributed by atoms with van der Waals surface area (Å²) in [6.07, 6.45) is 25.9. The number of hydrogen-bond donors (Lipinski definition) is 2. The summed E-state index contributed by atoms with van der Waals surface area (Å²) in [4.78, 5) is 0. The third-order valence-electron chi connectivity index (χ3n) is 6.18. The van der Waals surface area contributed by atoms with Crippen LogP contribution in [-0.2, 0) is 0 Å². The molecule has 0 aliphatic heterocycles. The molecule has 2 aliphatic rings. The molecule has 0 amide bonds. The van der Waals surface area contributed by atoms with Gasteiger partial charge in [0.25, 0.3) is 0 Å². The first-order valence-corrected chi connectivity index (χ1v) is 11.4. The van der Waals surface area contributed by atoms with Gasteiger partial charge in [-0.05, 0) is 51.6 Å². The van der Waals surface area contributed by atoms with Crippen molar-refractivity contribution in [2.24, 2.45) is 0 Å². The number of unbranched alkanes of at least 4 members (excludes halogenated alkanes) is 7. The van der Waals surface area contributed by atoms with E-state index in [1.807, 2.05) is 0 Å². The number of halogens is 2. The lowest BCUT2D eigenvalue weighted by Crippen LogP contribution is -2.31. The largest absolute Gasteiger partial charge is 0.314 e. The van der Waals surface area contributed by atoms with E-state index in [0.29, 0.717) is 0 Å². The van der Waals surface area contributed by atoms with Gasteiger partial charge in [0.2, 0.25) is 0 Å². The normalized spacial score (nSPS) is 18.9. The Morgan fingerprint density at radius 1 is 0.423 bits per heavy atom. The molecule has 26 heavy (non-hydrogen) atoms. The van der Waals surface area contributed by atoms with Crippen LogP contribution < -0.4 is 10.6 Å². The van der Waals surface area contributed by atoms with Crippen molar-refractivity contribution in [3.05, 3.63) is 0 Å². The standard InChI is InChI=1S/C22H44N2.2ClH/c1(3-5-13-19-23-21-15-9-7-10-16-21)2-4-6-14-20-24-22-17-11-8-12-18-22;;/h21-24H,1-20H2;2*1H. The van der Waals surface area contributed by atoms with Crippen LogP contribution in [0.1, 0.15) is 116 Å². The van der Waals surface area contributed by atoms with Gasteiger partial charge < -0.3 is 10.6 Å². The molecular formula is C22H46Cl2N2. The molecule has 2 N–H and O–H groups in total. The number of nitrogens with one attached hydrogen (secondary N) is 2. The second-order valence-corrected chi connectivity index (χ2v) is 8.41. The summed E-state index contributed by atoms with van der Waals surface area (Å²) in [5, 5.41) is 7.53. The van der Waals surface area contributed by atoms with E-state index in [1.54, 1.807) is 0 Å². The van der Waals surface area contributed by atoms with E-state index >= 15 is 0 Å². The van der Waals surface area contributed by atoms with Crippen LogP contribution in [0.15, 0.2) is 0 Å². The summed E-state index contributed by atoms with van der Waals surface area (Å²) in [6, 6.07) is 1.70. The van der Waals surface area contributed by atoms with Crippen molar-refractivity contribution in [2.75, 3.05) is 13.1 Å². The molecule has 0 spiro atoms. The maximum atomic E-state index is 3.77. The monoisotopic (exact) mass is 408 g/mol. The van der Waals surface area contributed by atoms with E-state index in [2.05, 4.69) is 10.6 Å². The van der Waals surface area contributed by atoms with Gasteiger partial charge in [-0.2, -0.15) is 0 Å². The van der Waals surface area contributed by atoms with E-state index in [1.165, 1.54) is 129 Å². The fourth-order valence-electron chi connectivity index (χ4n) is 4.54. The van der Waals surface area contributed by atoms with Gasteiger partial charge >= 0.3 is 0 Å². The third-order valence-corrected chi connectivity index (χ3v) is 6.18. The summed E-state index contributed by atoms with van der Waals surface area (Å²) < 4.78 is 0. The first-order chi connectivity index (χ1) is 11.9. The molecule has 2 rings (SSSR count). The first-order valence-electron chi connectivity index (χ1n) is 11.4. The molecule has 0 saturated heterocycles. The van der Waals surface area contributed by atoms with Crippen molar-refractivity contribution in [1.29, 1.82) is 0 Å². The van der Waals surface area contributed by atoms with E-state index in [-0.39, 0.29) is 24.8 Å². The predicted octanol–water partition coefficient (Wildman–Crippen LogP) is 6.80. The molecule has 2 aliphatic carbocycles. The van der Waals surface area contributed by atoms with Crippen molar-refractivity contribution >= 4 is 24.8 Å². The number of rotatable bonds is 13. The Morgan fingerprint density at radius 3 is 1.08 bits per heavy atom. The second-order valence-electron chi connectivity index (χ2n) is 8.41. The molecule has 0 bridgehead atoms. The predicted molar refractivity (Wildman–Crippen MR) is 121 cm³/mol. The second kappa shape index (κ2) is 18.8. The van der Waals surface area contributed by atoms with Gasteiger partial charge in [0.15, 0.2) is 0 Å². The highest BCUT2D eigenvalue weighted by Gasteiger charge is 2.12. The molecule has 0 unspecified atom stereocenters. The van der Waals surface area contributed by atoms with Gasteiger partial charge in [-0.1, -0.05) is 77.0 Å². The Morgan fingerprint density at radius 2 is 0.731 bits per heavy atom. The molecule has 0 atom stereocenters. The maximum absolute atomic E-state index is 3.77. The fourth-order valence-corrected chi connectivity index (χ4v) is 4.54. The molecule has 0 aromatic heterocycles. The van der Waals surface area contributed by atoms with Crippen molar-refractivity contribution < 1.29 is 0 Å². The highest BCUT2D eigenvalue weighted by molar-refractivity contribution is 5.85. The smallest absolute Gasteiger partial charge is 0.00670 e. The fraction of sp³-hybridized carbons (Fsp3) is 1.00. The minimum atomic E-state index is 0. The van der Waals surface area contributed by atoms with Crippen molar-refractivity contribution in [3.63, 3.8) is 0 Å². The van der Waals surface area contributed by atoms with E-state index < -0.39 is 0 Å². The lowest BCUT2D eigenvalue weighted by Gasteiger charge is -2.22. The quantitative estimate of drug-likeness (QED) is 0.327. The summed E-state index contributed by atoms with van der Waals surface area (Å²) in [7, 11) is 0. The highest BCUT2D eigenvalue weighted by atomic mass is 35.5. The van der Waals surface area contributed by atoms with Crippen molar-refractivity contribution in [3.8, 4) is 0 Å². The summed E-state index contributed by atoms with van der Waals surface area (Å²) in [5.74, 6) is 0. The van der Waals surface area contributed by atoms with Crippen LogP contribution in [-0.4, -0.2) is 25.2 Å². The van der Waals surface area contributed by atoms with Gasteiger partial charge in [0.05, 0.1) is 0 Å². The van der Waals surface area contributed by atoms with Gasteiger partial charge in [-0.25, -0.2) is 0 Å². The molecular weight excluding hydrogens is 363 g/mol. The van der Waals surface area contributed by atoms with E-state index in [4.69, 9.17) is 0 Å². The lowest BCUT2D eigenvalue weighted by molar-refractivity contribution is 0.368. The van der Waals surface area contributed by atoms with Crippen LogP contribution in [0, 0.1) is 0 Å². The Hall–Kier alpha value is 0.500. The zero-order valence-electron chi connectivity index (χ0n) is 17.1. The third kappa shape index (κ3) is 13.6. The van der Waals surface area contributed by atoms with Gasteiger partial charge in [0.1, 0.15) is 0 Å². The average Bonchev–Trinajstić information content (AvgIpc) is 2.64. The van der Waals surface area contributed by atoms with Crippen molar-refractivity contribution in [1.82, 2.24) is 10.6 Å². The zero-order chi connectivity index (χ0) is 16.7. The summed E-state index contributed by atoms with van der Waals surface area (Å²) >= 11 is 0. The maximum Gasteiger partial charge on any atom is 0.00670 e. The lowest BCUT2D eigenvalue weighted by atomic mass is 9.95. The summed E-state index contributed by atoms with van der Waals surface area (Å²) in [5.41, 5.74) is 0. The Labute approximate surface area is 176 Å². The van der Waals surface area contributed by atoms with Crippen LogP contribution in [0.3, 0.4) is 0 Å². The molecule has 2 fully saturated rings. The first kappa shape index (κ1) is 26.5. The van der Waals surface area contributed by atoms with Crippen LogP contribution in [0.2, 0.25) is 0 Å². The van der Waals surface area contributed by atoms with E-state index in [9.17, 15) is 0 Å². The SMILES string of the molecule is C(CCCCCNC1CCCCC1)CCCCNC1CCCCC1.Cl.Cl. The molecule has 0 radical (unpaired) electrons. The topological polar surface area (TPSA) is 24.1 Å². The Balaban J connectivity index is 0.00000312. The Kier molecular flexibility index (Phi) is 19.2. The molecule has 0 aromatic carbocycles. The van der Waals surface area contributed by atoms with Crippen LogP contribution in [0.25, 0.3) is 0 Å². The molecule has 2 nitrogen and oxygen atoms in total. The van der Waals surface area contributed by atoms with E-state index in [0.717, 1.165) is 12.1 Å². The average molecular weight is 410 g/mol. The Bertz CT molecular complexity index is 249. The van der Waals surface area contributed by atoms with Crippen molar-refractivity contribution in [2.45, 2.75) is 128 Å². The molecule has 0 heterocycles. The molecule has 4 heteroatoms. The van der Waals surface area contributed by atoms with Gasteiger partial charge in [-0.15, -0.1) is 24.8 Å². The number of hydrogen-bond acceptors (Lipinski definition) is 2. The molecule has 158 valence electrons. The molecule has 2 saturated carbocycles. The van der Waals surface area contributed by atoms with Crippen LogP contribution in [0.4, 0.5) is 0 Å². The van der Waals surface area contributed by atoms with Crippen LogP contribution >= 0.6 is 24.8 Å². The molecule has 0 aromatic rings.